The zero-order chi connectivity index (χ0) is 89.2. The van der Waals surface area contributed by atoms with Crippen LogP contribution in [0.4, 0.5) is 51.2 Å². The highest BCUT2D eigenvalue weighted by Crippen LogP contribution is 2.53. The molecule has 0 unspecified atom stereocenters. The van der Waals surface area contributed by atoms with Gasteiger partial charge in [0.1, 0.15) is 11.2 Å². The van der Waals surface area contributed by atoms with Crippen molar-refractivity contribution in [2.45, 2.75) is 29.7 Å². The van der Waals surface area contributed by atoms with Crippen LogP contribution < -0.4 is 14.7 Å². The molecule has 0 radical (unpaired) electrons. The van der Waals surface area contributed by atoms with Gasteiger partial charge in [-0.3, -0.25) is 0 Å². The van der Waals surface area contributed by atoms with Gasteiger partial charge >= 0.3 is 0 Å². The van der Waals surface area contributed by atoms with Crippen molar-refractivity contribution < 1.29 is 4.42 Å². The van der Waals surface area contributed by atoms with Gasteiger partial charge in [-0.1, -0.05) is 357 Å². The number of nitrogens with zero attached hydrogens (tertiary/aromatic N) is 6. The van der Waals surface area contributed by atoms with Gasteiger partial charge in [-0.2, -0.15) is 0 Å². The summed E-state index contributed by atoms with van der Waals surface area (Å²) in [6, 6.07) is 183. The summed E-state index contributed by atoms with van der Waals surface area (Å²) < 4.78 is 18.8. The Morgan fingerprint density at radius 3 is 0.993 bits per heavy atom. The first-order valence-electron chi connectivity index (χ1n) is 45.8. The van der Waals surface area contributed by atoms with Gasteiger partial charge in [0.2, 0.25) is 0 Å². The molecule has 0 aliphatic rings. The maximum atomic E-state index is 6.38. The summed E-state index contributed by atoms with van der Waals surface area (Å²) in [5, 5.41) is 14.8. The average molecular weight is 1830 g/mol. The van der Waals surface area contributed by atoms with Gasteiger partial charge in [0.15, 0.2) is 0 Å². The molecule has 668 valence electrons. The summed E-state index contributed by atoms with van der Waals surface area (Å²) in [6.07, 6.45) is 0. The van der Waals surface area contributed by atoms with E-state index in [-0.39, 0.29) is 29.7 Å². The van der Waals surface area contributed by atoms with Gasteiger partial charge < -0.3 is 32.8 Å². The Bertz CT molecular complexity index is 8760. The predicted molar refractivity (Wildman–Crippen MR) is 603 cm³/mol. The molecule has 0 amide bonds. The topological polar surface area (TPSA) is 37.7 Å². The van der Waals surface area contributed by atoms with E-state index in [2.05, 4.69) is 526 Å². The molecule has 0 fully saturated rings. The number of anilines is 9. The van der Waals surface area contributed by atoms with Crippen LogP contribution in [-0.2, 0) is 0 Å². The Kier molecular flexibility index (Phi) is 24.0. The summed E-state index contributed by atoms with van der Waals surface area (Å²) in [5.74, 6) is 0. The maximum Gasteiger partial charge on any atom is 0.137 e. The van der Waals surface area contributed by atoms with Crippen molar-refractivity contribution in [1.82, 2.24) is 13.7 Å². The number of furan rings is 1. The zero-order valence-corrected chi connectivity index (χ0v) is 75.0. The Morgan fingerprint density at radius 2 is 0.504 bits per heavy atom. The second-order valence-electron chi connectivity index (χ2n) is 34.1. The fraction of sp³-hybridized carbons (Fsp3) is 0.0308. The van der Waals surface area contributed by atoms with Crippen LogP contribution in [0, 0.1) is 0 Å². The van der Waals surface area contributed by atoms with Crippen molar-refractivity contribution in [2.75, 3.05) is 14.7 Å². The number of aromatic nitrogens is 3. The molecule has 0 aliphatic heterocycles. The molecule has 0 N–H and O–H groups in total. The third kappa shape index (κ3) is 15.7. The second-order valence-corrected chi connectivity index (χ2v) is 36.3. The Hall–Kier alpha value is -17.3. The third-order valence-corrected chi connectivity index (χ3v) is 28.6. The van der Waals surface area contributed by atoms with Crippen LogP contribution >= 0.6 is 22.7 Å². The largest absolute Gasteiger partial charge is 0.456 e. The molecule has 0 atom stereocenters. The monoisotopic (exact) mass is 1820 g/mol. The Morgan fingerprint density at radius 1 is 0.180 bits per heavy atom. The molecule has 0 bridgehead atoms. The van der Waals surface area contributed by atoms with Gasteiger partial charge in [-0.25, -0.2) is 0 Å². The van der Waals surface area contributed by atoms with Crippen molar-refractivity contribution in [3.63, 3.8) is 0 Å². The number of thiophene rings is 2. The molecule has 6 heterocycles. The highest BCUT2D eigenvalue weighted by atomic mass is 32.1. The predicted octanol–water partition coefficient (Wildman–Crippen LogP) is 38.9. The summed E-state index contributed by atoms with van der Waals surface area (Å²) in [4.78, 5) is 7.26. The lowest BCUT2D eigenvalue weighted by atomic mass is 9.98. The first-order valence-corrected chi connectivity index (χ1v) is 47.5. The number of benzene rings is 21. The zero-order valence-electron chi connectivity index (χ0n) is 73.4. The van der Waals surface area contributed by atoms with Crippen LogP contribution in [0.1, 0.15) is 29.7 Å². The lowest BCUT2D eigenvalue weighted by Gasteiger charge is -2.29. The van der Waals surface area contributed by atoms with Gasteiger partial charge in [-0.15, -0.1) is 22.7 Å². The fourth-order valence-electron chi connectivity index (χ4n) is 20.3. The minimum atomic E-state index is 0. The van der Waals surface area contributed by atoms with E-state index < -0.39 is 0 Å². The average Bonchev–Trinajstić information content (AvgIpc) is 1.58. The van der Waals surface area contributed by atoms with E-state index in [4.69, 9.17) is 4.42 Å². The van der Waals surface area contributed by atoms with Crippen LogP contribution in [0.25, 0.3) is 178 Å². The lowest BCUT2D eigenvalue weighted by molar-refractivity contribution is 0.669. The van der Waals surface area contributed by atoms with E-state index in [1.54, 1.807) is 0 Å². The van der Waals surface area contributed by atoms with Crippen molar-refractivity contribution in [1.29, 1.82) is 0 Å². The number of fused-ring (bicyclic) bond motifs is 18. The van der Waals surface area contributed by atoms with Crippen molar-refractivity contribution in [3.8, 4) is 50.4 Å². The summed E-state index contributed by atoms with van der Waals surface area (Å²) in [5.41, 5.74) is 29.4. The van der Waals surface area contributed by atoms with Crippen LogP contribution in [0.5, 0.6) is 0 Å². The van der Waals surface area contributed by atoms with Gasteiger partial charge in [-0.05, 0) is 193 Å². The van der Waals surface area contributed by atoms with E-state index >= 15 is 0 Å². The molecule has 6 aromatic heterocycles. The summed E-state index contributed by atoms with van der Waals surface area (Å²) >= 11 is 3.72. The van der Waals surface area contributed by atoms with Crippen LogP contribution in [0.3, 0.4) is 0 Å². The Balaban J connectivity index is 0.000000122. The molecule has 0 saturated carbocycles. The summed E-state index contributed by atoms with van der Waals surface area (Å²) in [7, 11) is 0. The van der Waals surface area contributed by atoms with Crippen molar-refractivity contribution >= 4 is 202 Å². The normalized spacial score (nSPS) is 11.2. The Labute approximate surface area is 818 Å². The van der Waals surface area contributed by atoms with E-state index in [1.807, 2.05) is 34.8 Å². The van der Waals surface area contributed by atoms with Crippen LogP contribution in [-0.4, -0.2) is 13.7 Å². The molecule has 7 nitrogen and oxygen atoms in total. The van der Waals surface area contributed by atoms with E-state index in [0.717, 1.165) is 101 Å². The molecule has 21 aromatic carbocycles. The van der Waals surface area contributed by atoms with Crippen LogP contribution in [0.2, 0.25) is 0 Å². The third-order valence-electron chi connectivity index (χ3n) is 26.3. The number of para-hydroxylation sites is 10. The minimum absolute atomic E-state index is 0. The molecular weight excluding hydrogens is 1730 g/mol. The first kappa shape index (κ1) is 88.3. The standard InChI is InChI=1S/C42H28N2O.2C42H28N2S.4CH4/c1-4-14-29(15-5-1)36-27-40-37(33-20-10-12-22-38(33)44(40)31-18-8-3-9-19-31)28-39(36)43(30-16-6-2-7-17-30)32-24-25-35-34-21-11-13-23-41(34)45-42(35)26-32;1-4-14-29(15-5-1)33-25-26-36-34-20-10-12-22-38(34)44(31-18-8-3-9-19-31)42(36)41(33)43(30-16-6-2-7-17-30)32-24-27-40-37(28-32)35-21-11-13-23-39(35)45-40;1-4-14-29(15-5-1)36-27-40-37(33-20-10-12-22-38(33)44(40)31-18-8-3-9-19-31)28-39(36)43(30-16-6-2-7-17-30)32-24-25-35-34-21-11-13-23-41(34)45-42(35)26-32;;;;/h3*1-28H;4*1H4. The number of hydrogen-bond acceptors (Lipinski definition) is 6. The molecule has 27 rings (SSSR count). The number of rotatable bonds is 15. The summed E-state index contributed by atoms with van der Waals surface area (Å²) in [6.45, 7) is 0. The first-order chi connectivity index (χ1) is 67.0. The van der Waals surface area contributed by atoms with Crippen LogP contribution in [0.15, 0.2) is 514 Å². The lowest BCUT2D eigenvalue weighted by Crippen LogP contribution is -2.13. The fourth-order valence-corrected chi connectivity index (χ4v) is 22.5. The smallest absolute Gasteiger partial charge is 0.137 e. The van der Waals surface area contributed by atoms with E-state index in [1.165, 1.54) is 128 Å². The van der Waals surface area contributed by atoms with Crippen molar-refractivity contribution in [3.05, 3.63) is 510 Å². The molecule has 27 aromatic rings. The second kappa shape index (κ2) is 37.8. The number of hydrogen-bond donors (Lipinski definition) is 0. The highest BCUT2D eigenvalue weighted by molar-refractivity contribution is 7.26. The van der Waals surface area contributed by atoms with E-state index in [0.29, 0.717) is 0 Å². The molecule has 0 spiro atoms. The van der Waals surface area contributed by atoms with E-state index in [9.17, 15) is 0 Å². The molecule has 0 aliphatic carbocycles. The molecular formula is C130H100N6OS2. The molecule has 0 saturated heterocycles. The highest BCUT2D eigenvalue weighted by Gasteiger charge is 2.30. The minimum Gasteiger partial charge on any atom is -0.456 e. The molecule has 139 heavy (non-hydrogen) atoms. The SMILES string of the molecule is C.C.C.C.c1ccc(-c2cc3c(cc2N(c2ccccc2)c2ccc4c(c2)oc2ccccc24)c2ccccc2n3-c2ccccc2)cc1.c1ccc(-c2cc3c(cc2N(c2ccccc2)c2ccc4c(c2)sc2ccccc24)c2ccccc2n3-c2ccccc2)cc1.c1ccc(-c2ccc3c4ccccc4n(-c4ccccc4)c3c2N(c2ccccc2)c2ccc3sc4ccccc4c3c2)cc1. The quantitative estimate of drug-likeness (QED) is 0.103. The van der Waals surface area contributed by atoms with Gasteiger partial charge in [0, 0.05) is 157 Å². The van der Waals surface area contributed by atoms with Crippen molar-refractivity contribution in [2.24, 2.45) is 0 Å². The van der Waals surface area contributed by atoms with Gasteiger partial charge in [0.25, 0.3) is 0 Å². The van der Waals surface area contributed by atoms with Gasteiger partial charge in [0.05, 0.1) is 50.2 Å². The molecule has 9 heteroatoms. The maximum absolute atomic E-state index is 6.38.